The molecule has 0 spiro atoms. The average Bonchev–Trinajstić information content (AvgIpc) is 2.78. The van der Waals surface area contributed by atoms with Crippen molar-refractivity contribution in [1.29, 1.82) is 0 Å². The van der Waals surface area contributed by atoms with Gasteiger partial charge in [0.2, 0.25) is 5.91 Å². The fourth-order valence-electron chi connectivity index (χ4n) is 3.04. The lowest BCUT2D eigenvalue weighted by molar-refractivity contribution is -0.114. The highest BCUT2D eigenvalue weighted by Crippen LogP contribution is 2.32. The van der Waals surface area contributed by atoms with Crippen LogP contribution in [0.25, 0.3) is 0 Å². The number of carbonyl (C=O) groups is 1. The number of anilines is 2. The monoisotopic (exact) mass is 508 g/mol. The lowest BCUT2D eigenvalue weighted by Gasteiger charge is -2.24. The van der Waals surface area contributed by atoms with Crippen molar-refractivity contribution in [3.8, 4) is 11.5 Å². The number of rotatable bonds is 8. The van der Waals surface area contributed by atoms with E-state index in [2.05, 4.69) is 5.32 Å². The van der Waals surface area contributed by atoms with Crippen LogP contribution in [0.5, 0.6) is 11.5 Å². The predicted octanol–water partition coefficient (Wildman–Crippen LogP) is 5.15. The molecule has 0 bridgehead atoms. The first-order chi connectivity index (χ1) is 15.6. The van der Waals surface area contributed by atoms with E-state index >= 15 is 0 Å². The minimum absolute atomic E-state index is 0.0420. The zero-order valence-corrected chi connectivity index (χ0v) is 20.5. The molecule has 0 aliphatic heterocycles. The van der Waals surface area contributed by atoms with Gasteiger partial charge in [-0.25, -0.2) is 8.42 Å². The number of aryl methyl sites for hydroxylation is 1. The number of benzene rings is 3. The van der Waals surface area contributed by atoms with Crippen LogP contribution < -0.4 is 19.1 Å². The molecule has 0 saturated carbocycles. The van der Waals surface area contributed by atoms with E-state index in [9.17, 15) is 13.2 Å². The van der Waals surface area contributed by atoms with E-state index in [0.717, 1.165) is 9.87 Å². The summed E-state index contributed by atoms with van der Waals surface area (Å²) in [6.45, 7) is 1.35. The Morgan fingerprint density at radius 1 is 0.909 bits per heavy atom. The zero-order chi connectivity index (χ0) is 24.2. The van der Waals surface area contributed by atoms with Gasteiger partial charge in [-0.15, -0.1) is 0 Å². The first-order valence-corrected chi connectivity index (χ1v) is 11.9. The summed E-state index contributed by atoms with van der Waals surface area (Å²) in [5.41, 5.74) is 1.51. The van der Waals surface area contributed by atoms with Crippen molar-refractivity contribution in [3.05, 3.63) is 76.3 Å². The molecule has 0 heterocycles. The Kier molecular flexibility index (Phi) is 7.73. The van der Waals surface area contributed by atoms with Crippen molar-refractivity contribution in [3.63, 3.8) is 0 Å². The van der Waals surface area contributed by atoms with Crippen molar-refractivity contribution in [2.45, 2.75) is 11.8 Å². The minimum Gasteiger partial charge on any atom is -0.495 e. The van der Waals surface area contributed by atoms with Crippen LogP contribution in [0, 0.1) is 6.92 Å². The molecule has 0 aliphatic carbocycles. The number of nitrogens with one attached hydrogen (secondary N) is 1. The molecule has 3 aromatic rings. The van der Waals surface area contributed by atoms with Crippen LogP contribution in [0.2, 0.25) is 10.0 Å². The Bertz CT molecular complexity index is 1260. The largest absolute Gasteiger partial charge is 0.495 e. The van der Waals surface area contributed by atoms with Gasteiger partial charge in [0.05, 0.1) is 34.8 Å². The SMILES string of the molecule is COc1ccc(NC(=O)CN(c2ccc(OC)c(Cl)c2)S(=O)(=O)c2ccc(C)cc2)cc1Cl. The highest BCUT2D eigenvalue weighted by Gasteiger charge is 2.28. The zero-order valence-electron chi connectivity index (χ0n) is 18.1. The third kappa shape index (κ3) is 5.71. The highest BCUT2D eigenvalue weighted by molar-refractivity contribution is 7.92. The molecule has 0 aromatic heterocycles. The van der Waals surface area contributed by atoms with Crippen LogP contribution in [-0.2, 0) is 14.8 Å². The van der Waals surface area contributed by atoms with E-state index in [1.54, 1.807) is 24.3 Å². The first kappa shape index (κ1) is 24.7. The van der Waals surface area contributed by atoms with Crippen molar-refractivity contribution >= 4 is 50.5 Å². The molecule has 0 unspecified atom stereocenters. The van der Waals surface area contributed by atoms with Crippen LogP contribution in [-0.4, -0.2) is 35.1 Å². The van der Waals surface area contributed by atoms with Gasteiger partial charge in [0.1, 0.15) is 18.0 Å². The van der Waals surface area contributed by atoms with Crippen LogP contribution in [0.1, 0.15) is 5.56 Å². The summed E-state index contributed by atoms with van der Waals surface area (Å²) in [6, 6.07) is 15.6. The average molecular weight is 509 g/mol. The maximum Gasteiger partial charge on any atom is 0.264 e. The molecule has 0 radical (unpaired) electrons. The smallest absolute Gasteiger partial charge is 0.264 e. The summed E-state index contributed by atoms with van der Waals surface area (Å²) in [4.78, 5) is 12.9. The number of methoxy groups -OCH3 is 2. The Morgan fingerprint density at radius 3 is 2.03 bits per heavy atom. The second-order valence-electron chi connectivity index (χ2n) is 7.04. The number of nitrogens with zero attached hydrogens (tertiary/aromatic N) is 1. The number of hydrogen-bond acceptors (Lipinski definition) is 5. The third-order valence-corrected chi connectivity index (χ3v) is 7.13. The highest BCUT2D eigenvalue weighted by atomic mass is 35.5. The van der Waals surface area contributed by atoms with Gasteiger partial charge in [0.15, 0.2) is 0 Å². The number of carbonyl (C=O) groups excluding carboxylic acids is 1. The van der Waals surface area contributed by atoms with Crippen LogP contribution >= 0.6 is 23.2 Å². The van der Waals surface area contributed by atoms with Gasteiger partial charge >= 0.3 is 0 Å². The fraction of sp³-hybridized carbons (Fsp3) is 0.174. The molecule has 7 nitrogen and oxygen atoms in total. The summed E-state index contributed by atoms with van der Waals surface area (Å²) < 4.78 is 38.2. The summed E-state index contributed by atoms with van der Waals surface area (Å²) in [5, 5.41) is 3.18. The van der Waals surface area contributed by atoms with Gasteiger partial charge in [-0.3, -0.25) is 9.10 Å². The number of halogens is 2. The minimum atomic E-state index is -4.09. The number of hydrogen-bond donors (Lipinski definition) is 1. The molecule has 10 heteroatoms. The van der Waals surface area contributed by atoms with Gasteiger partial charge in [-0.1, -0.05) is 40.9 Å². The van der Waals surface area contributed by atoms with Crippen LogP contribution in [0.15, 0.2) is 65.6 Å². The third-order valence-electron chi connectivity index (χ3n) is 4.76. The molecule has 0 atom stereocenters. The number of amides is 1. The Hall–Kier alpha value is -2.94. The van der Waals surface area contributed by atoms with Crippen molar-refractivity contribution in [1.82, 2.24) is 0 Å². The molecule has 3 rings (SSSR count). The van der Waals surface area contributed by atoms with E-state index in [0.29, 0.717) is 22.2 Å². The maximum absolute atomic E-state index is 13.5. The molecule has 0 saturated heterocycles. The van der Waals surface area contributed by atoms with E-state index in [1.165, 1.54) is 50.6 Å². The molecule has 1 N–H and O–H groups in total. The van der Waals surface area contributed by atoms with Crippen molar-refractivity contribution < 1.29 is 22.7 Å². The Labute approximate surface area is 202 Å². The van der Waals surface area contributed by atoms with Gasteiger partial charge < -0.3 is 14.8 Å². The normalized spacial score (nSPS) is 11.1. The summed E-state index contributed by atoms with van der Waals surface area (Å²) >= 11 is 12.3. The summed E-state index contributed by atoms with van der Waals surface area (Å²) in [5.74, 6) is 0.260. The van der Waals surface area contributed by atoms with E-state index < -0.39 is 22.5 Å². The molecule has 0 fully saturated rings. The van der Waals surface area contributed by atoms with Gasteiger partial charge in [0.25, 0.3) is 10.0 Å². The second-order valence-corrected chi connectivity index (χ2v) is 9.72. The van der Waals surface area contributed by atoms with Crippen LogP contribution in [0.3, 0.4) is 0 Å². The number of ether oxygens (including phenoxy) is 2. The van der Waals surface area contributed by atoms with Gasteiger partial charge in [-0.05, 0) is 55.5 Å². The standard InChI is InChI=1S/C23H22Cl2N2O5S/c1-15-4-8-18(9-5-15)33(29,30)27(17-7-11-22(32-3)20(25)13-17)14-23(28)26-16-6-10-21(31-2)19(24)12-16/h4-13H,14H2,1-3H3,(H,26,28). The lowest BCUT2D eigenvalue weighted by atomic mass is 10.2. The van der Waals surface area contributed by atoms with E-state index in [4.69, 9.17) is 32.7 Å². The second kappa shape index (κ2) is 10.3. The molecule has 0 aliphatic rings. The molecular weight excluding hydrogens is 487 g/mol. The lowest BCUT2D eigenvalue weighted by Crippen LogP contribution is -2.38. The topological polar surface area (TPSA) is 84.9 Å². The maximum atomic E-state index is 13.5. The summed E-state index contributed by atoms with van der Waals surface area (Å²) in [7, 11) is -1.15. The Morgan fingerprint density at radius 2 is 1.48 bits per heavy atom. The predicted molar refractivity (Wildman–Crippen MR) is 130 cm³/mol. The molecule has 33 heavy (non-hydrogen) atoms. The quantitative estimate of drug-likeness (QED) is 0.454. The fourth-order valence-corrected chi connectivity index (χ4v) is 4.96. The van der Waals surface area contributed by atoms with E-state index in [1.807, 2.05) is 6.92 Å². The molecule has 1 amide bonds. The van der Waals surface area contributed by atoms with Gasteiger partial charge in [0, 0.05) is 5.69 Å². The summed E-state index contributed by atoms with van der Waals surface area (Å²) in [6.07, 6.45) is 0. The molecular formula is C23H22Cl2N2O5S. The molecule has 3 aromatic carbocycles. The Balaban J connectivity index is 1.96. The first-order valence-electron chi connectivity index (χ1n) is 9.72. The van der Waals surface area contributed by atoms with Crippen molar-refractivity contribution in [2.75, 3.05) is 30.4 Å². The number of sulfonamides is 1. The van der Waals surface area contributed by atoms with E-state index in [-0.39, 0.29) is 15.6 Å². The van der Waals surface area contributed by atoms with Crippen LogP contribution in [0.4, 0.5) is 11.4 Å². The van der Waals surface area contributed by atoms with Gasteiger partial charge in [-0.2, -0.15) is 0 Å². The van der Waals surface area contributed by atoms with Crippen molar-refractivity contribution in [2.24, 2.45) is 0 Å². The molecule has 174 valence electrons.